The van der Waals surface area contributed by atoms with Crippen molar-refractivity contribution in [1.29, 1.82) is 0 Å². The number of nitrogens with zero attached hydrogens (tertiary/aromatic N) is 2. The fourth-order valence-electron chi connectivity index (χ4n) is 2.82. The second kappa shape index (κ2) is 3.37. The Balaban J connectivity index is 1.61. The Morgan fingerprint density at radius 2 is 2.29 bits per heavy atom. The summed E-state index contributed by atoms with van der Waals surface area (Å²) in [6.07, 6.45) is 7.92. The molecule has 0 amide bonds. The molecule has 1 heterocycles. The summed E-state index contributed by atoms with van der Waals surface area (Å²) in [5, 5.41) is 4.38. The lowest BCUT2D eigenvalue weighted by molar-refractivity contribution is 0.296. The van der Waals surface area contributed by atoms with Gasteiger partial charge in [0, 0.05) is 12.7 Å². The van der Waals surface area contributed by atoms with E-state index in [1.165, 1.54) is 25.7 Å². The van der Waals surface area contributed by atoms with E-state index in [-0.39, 0.29) is 0 Å². The summed E-state index contributed by atoms with van der Waals surface area (Å²) in [5.74, 6) is 3.06. The van der Waals surface area contributed by atoms with Crippen molar-refractivity contribution in [3.8, 4) is 0 Å². The molecule has 0 saturated heterocycles. The summed E-state index contributed by atoms with van der Waals surface area (Å²) in [7, 11) is 0. The highest BCUT2D eigenvalue weighted by Crippen LogP contribution is 2.51. The molecule has 0 aliphatic heterocycles. The Morgan fingerprint density at radius 3 is 3.00 bits per heavy atom. The van der Waals surface area contributed by atoms with Crippen molar-refractivity contribution in [3.05, 3.63) is 16.9 Å². The predicted molar refractivity (Wildman–Crippen MR) is 58.9 cm³/mol. The van der Waals surface area contributed by atoms with Gasteiger partial charge in [-0.1, -0.05) is 0 Å². The van der Waals surface area contributed by atoms with Crippen LogP contribution in [0.15, 0.2) is 16.9 Å². The maximum Gasteiger partial charge on any atom is 0.128 e. The normalized spacial score (nSPS) is 35.4. The van der Waals surface area contributed by atoms with Gasteiger partial charge in [0.2, 0.25) is 0 Å². The van der Waals surface area contributed by atoms with Crippen LogP contribution < -0.4 is 0 Å². The molecule has 2 aliphatic carbocycles. The summed E-state index contributed by atoms with van der Waals surface area (Å²) in [6, 6.07) is 2.02. The standard InChI is InChI=1S/C11H15BrN2/c12-11-3-4-14(13-11)7-8-1-2-9-6-10(9)5-8/h3-4,8-10H,1-2,5-7H2. The van der Waals surface area contributed by atoms with Gasteiger partial charge < -0.3 is 0 Å². The minimum Gasteiger partial charge on any atom is -0.271 e. The molecule has 3 rings (SSSR count). The number of hydrogen-bond donors (Lipinski definition) is 0. The first-order chi connectivity index (χ1) is 6.81. The van der Waals surface area contributed by atoms with E-state index >= 15 is 0 Å². The first-order valence-electron chi connectivity index (χ1n) is 5.50. The van der Waals surface area contributed by atoms with Crippen LogP contribution >= 0.6 is 15.9 Å². The van der Waals surface area contributed by atoms with Gasteiger partial charge in [-0.2, -0.15) is 5.10 Å². The molecule has 0 aromatic carbocycles. The zero-order valence-electron chi connectivity index (χ0n) is 8.19. The highest BCUT2D eigenvalue weighted by atomic mass is 79.9. The molecular weight excluding hydrogens is 240 g/mol. The van der Waals surface area contributed by atoms with Crippen molar-refractivity contribution in [3.63, 3.8) is 0 Å². The quantitative estimate of drug-likeness (QED) is 0.794. The van der Waals surface area contributed by atoms with E-state index in [4.69, 9.17) is 0 Å². The van der Waals surface area contributed by atoms with Crippen molar-refractivity contribution in [2.24, 2.45) is 17.8 Å². The molecule has 3 atom stereocenters. The maximum absolute atomic E-state index is 4.38. The van der Waals surface area contributed by atoms with Gasteiger partial charge in [0.25, 0.3) is 0 Å². The molecule has 1 aromatic heterocycles. The minimum absolute atomic E-state index is 0.880. The lowest BCUT2D eigenvalue weighted by atomic mass is 9.89. The van der Waals surface area contributed by atoms with Crippen LogP contribution in [-0.4, -0.2) is 9.78 Å². The highest BCUT2D eigenvalue weighted by molar-refractivity contribution is 9.10. The van der Waals surface area contributed by atoms with Crippen LogP contribution in [0.25, 0.3) is 0 Å². The lowest BCUT2D eigenvalue weighted by Crippen LogP contribution is -2.15. The summed E-state index contributed by atoms with van der Waals surface area (Å²) in [4.78, 5) is 0. The molecule has 3 heteroatoms. The van der Waals surface area contributed by atoms with E-state index in [2.05, 4.69) is 31.9 Å². The number of hydrogen-bond acceptors (Lipinski definition) is 1. The summed E-state index contributed by atoms with van der Waals surface area (Å²) in [5.41, 5.74) is 0. The Kier molecular flexibility index (Phi) is 2.15. The monoisotopic (exact) mass is 254 g/mol. The van der Waals surface area contributed by atoms with Crippen molar-refractivity contribution >= 4 is 15.9 Å². The number of rotatable bonds is 2. The van der Waals surface area contributed by atoms with Crippen LogP contribution in [0.5, 0.6) is 0 Å². The van der Waals surface area contributed by atoms with Crippen LogP contribution in [-0.2, 0) is 6.54 Å². The SMILES string of the molecule is Brc1ccn(CC2CCC3CC3C2)n1. The first-order valence-corrected chi connectivity index (χ1v) is 6.29. The average molecular weight is 255 g/mol. The van der Waals surface area contributed by atoms with Gasteiger partial charge in [-0.3, -0.25) is 4.68 Å². The number of fused-ring (bicyclic) bond motifs is 1. The van der Waals surface area contributed by atoms with Crippen LogP contribution in [0.2, 0.25) is 0 Å². The molecular formula is C11H15BrN2. The average Bonchev–Trinajstić information content (AvgIpc) is 2.82. The Bertz CT molecular complexity index is 334. The predicted octanol–water partition coefficient (Wildman–Crippen LogP) is 3.08. The van der Waals surface area contributed by atoms with Crippen molar-refractivity contribution in [2.45, 2.75) is 32.2 Å². The maximum atomic E-state index is 4.38. The number of aromatic nitrogens is 2. The van der Waals surface area contributed by atoms with Crippen LogP contribution in [0.4, 0.5) is 0 Å². The molecule has 1 aromatic rings. The zero-order chi connectivity index (χ0) is 9.54. The first kappa shape index (κ1) is 8.96. The van der Waals surface area contributed by atoms with Gasteiger partial charge in [-0.05, 0) is 65.4 Å². The third-order valence-corrected chi connectivity index (χ3v) is 4.13. The van der Waals surface area contributed by atoms with E-state index in [0.29, 0.717) is 0 Å². The minimum atomic E-state index is 0.880. The van der Waals surface area contributed by atoms with E-state index in [1.54, 1.807) is 0 Å². The second-order valence-electron chi connectivity index (χ2n) is 4.80. The zero-order valence-corrected chi connectivity index (χ0v) is 9.78. The molecule has 0 bridgehead atoms. The third-order valence-electron chi connectivity index (χ3n) is 3.70. The molecule has 2 saturated carbocycles. The topological polar surface area (TPSA) is 17.8 Å². The van der Waals surface area contributed by atoms with Crippen LogP contribution in [0.1, 0.15) is 25.7 Å². The fourth-order valence-corrected chi connectivity index (χ4v) is 3.14. The Hall–Kier alpha value is -0.310. The highest BCUT2D eigenvalue weighted by Gasteiger charge is 2.41. The van der Waals surface area contributed by atoms with Gasteiger partial charge >= 0.3 is 0 Å². The second-order valence-corrected chi connectivity index (χ2v) is 5.61. The molecule has 2 nitrogen and oxygen atoms in total. The molecule has 2 fully saturated rings. The molecule has 3 unspecified atom stereocenters. The van der Waals surface area contributed by atoms with Gasteiger partial charge in [0.15, 0.2) is 0 Å². The summed E-state index contributed by atoms with van der Waals surface area (Å²) in [6.45, 7) is 1.12. The van der Waals surface area contributed by atoms with Crippen LogP contribution in [0, 0.1) is 17.8 Å². The number of halogens is 1. The van der Waals surface area contributed by atoms with Crippen molar-refractivity contribution < 1.29 is 0 Å². The molecule has 0 radical (unpaired) electrons. The van der Waals surface area contributed by atoms with Crippen molar-refractivity contribution in [2.75, 3.05) is 0 Å². The van der Waals surface area contributed by atoms with E-state index < -0.39 is 0 Å². The summed E-state index contributed by atoms with van der Waals surface area (Å²) < 4.78 is 3.04. The largest absolute Gasteiger partial charge is 0.271 e. The van der Waals surface area contributed by atoms with Gasteiger partial charge in [0.05, 0.1) is 0 Å². The van der Waals surface area contributed by atoms with Crippen LogP contribution in [0.3, 0.4) is 0 Å². The van der Waals surface area contributed by atoms with E-state index in [9.17, 15) is 0 Å². The summed E-state index contributed by atoms with van der Waals surface area (Å²) >= 11 is 3.39. The molecule has 14 heavy (non-hydrogen) atoms. The Labute approximate surface area is 92.8 Å². The van der Waals surface area contributed by atoms with Gasteiger partial charge in [-0.25, -0.2) is 0 Å². The van der Waals surface area contributed by atoms with Crippen molar-refractivity contribution in [1.82, 2.24) is 9.78 Å². The lowest BCUT2D eigenvalue weighted by Gasteiger charge is -2.20. The van der Waals surface area contributed by atoms with E-state index in [0.717, 1.165) is 28.9 Å². The fraction of sp³-hybridized carbons (Fsp3) is 0.727. The molecule has 0 spiro atoms. The Morgan fingerprint density at radius 1 is 1.36 bits per heavy atom. The van der Waals surface area contributed by atoms with Gasteiger partial charge in [-0.15, -0.1) is 0 Å². The van der Waals surface area contributed by atoms with Gasteiger partial charge in [0.1, 0.15) is 4.60 Å². The smallest absolute Gasteiger partial charge is 0.128 e. The molecule has 2 aliphatic rings. The van der Waals surface area contributed by atoms with E-state index in [1.807, 2.05) is 6.07 Å². The molecule has 76 valence electrons. The third kappa shape index (κ3) is 1.74. The molecule has 0 N–H and O–H groups in total.